The van der Waals surface area contributed by atoms with Gasteiger partial charge in [0.15, 0.2) is 5.78 Å². The van der Waals surface area contributed by atoms with Crippen LogP contribution in [0.1, 0.15) is 27.2 Å². The predicted molar refractivity (Wildman–Crippen MR) is 47.7 cm³/mol. The van der Waals surface area contributed by atoms with Crippen LogP contribution in [0.2, 0.25) is 0 Å². The molecule has 2 atom stereocenters. The van der Waals surface area contributed by atoms with Crippen LogP contribution in [0.3, 0.4) is 0 Å². The average Bonchev–Trinajstić information content (AvgIpc) is 2.01. The molecule has 0 spiro atoms. The molecule has 0 fully saturated rings. The van der Waals surface area contributed by atoms with Crippen LogP contribution in [0, 0.1) is 11.8 Å². The van der Waals surface area contributed by atoms with E-state index in [0.717, 1.165) is 12.2 Å². The van der Waals surface area contributed by atoms with Crippen LogP contribution in [-0.4, -0.2) is 12.4 Å². The van der Waals surface area contributed by atoms with E-state index in [4.69, 9.17) is 4.74 Å². The third-order valence-electron chi connectivity index (χ3n) is 2.46. The van der Waals surface area contributed by atoms with E-state index in [1.165, 1.54) is 0 Å². The Morgan fingerprint density at radius 1 is 1.58 bits per heavy atom. The fourth-order valence-electron chi connectivity index (χ4n) is 1.41. The van der Waals surface area contributed by atoms with Gasteiger partial charge < -0.3 is 4.74 Å². The molecule has 1 rings (SSSR count). The molecule has 0 bridgehead atoms. The molecule has 2 heteroatoms. The summed E-state index contributed by atoms with van der Waals surface area (Å²) in [5.74, 6) is 1.64. The molecule has 0 saturated carbocycles. The highest BCUT2D eigenvalue weighted by molar-refractivity contribution is 5.92. The highest BCUT2D eigenvalue weighted by atomic mass is 16.5. The Labute approximate surface area is 73.6 Å². The van der Waals surface area contributed by atoms with E-state index in [9.17, 15) is 4.79 Å². The topological polar surface area (TPSA) is 26.3 Å². The van der Waals surface area contributed by atoms with E-state index in [0.29, 0.717) is 12.5 Å². The van der Waals surface area contributed by atoms with Crippen molar-refractivity contribution in [2.24, 2.45) is 11.8 Å². The highest BCUT2D eigenvalue weighted by Crippen LogP contribution is 2.26. The summed E-state index contributed by atoms with van der Waals surface area (Å²) in [5.41, 5.74) is 0. The number of ketones is 1. The smallest absolute Gasteiger partial charge is 0.162 e. The van der Waals surface area contributed by atoms with E-state index in [2.05, 4.69) is 6.92 Å². The molecule has 0 aromatic carbocycles. The monoisotopic (exact) mass is 168 g/mol. The van der Waals surface area contributed by atoms with Crippen LogP contribution in [0.4, 0.5) is 0 Å². The number of allylic oxidation sites excluding steroid dienone is 2. The molecule has 0 amide bonds. The Bertz CT molecular complexity index is 206. The van der Waals surface area contributed by atoms with Crippen molar-refractivity contribution < 1.29 is 9.53 Å². The summed E-state index contributed by atoms with van der Waals surface area (Å²) in [6, 6.07) is 0. The summed E-state index contributed by atoms with van der Waals surface area (Å²) in [4.78, 5) is 11.3. The average molecular weight is 168 g/mol. The summed E-state index contributed by atoms with van der Waals surface area (Å²) in [5, 5.41) is 0. The highest BCUT2D eigenvalue weighted by Gasteiger charge is 2.25. The lowest BCUT2D eigenvalue weighted by atomic mass is 9.84. The lowest BCUT2D eigenvalue weighted by Crippen LogP contribution is -2.23. The van der Waals surface area contributed by atoms with Gasteiger partial charge in [-0.3, -0.25) is 4.79 Å². The van der Waals surface area contributed by atoms with Gasteiger partial charge in [0.25, 0.3) is 0 Å². The van der Waals surface area contributed by atoms with E-state index < -0.39 is 0 Å². The third-order valence-corrected chi connectivity index (χ3v) is 2.46. The van der Waals surface area contributed by atoms with Gasteiger partial charge >= 0.3 is 0 Å². The van der Waals surface area contributed by atoms with Crippen LogP contribution in [0.25, 0.3) is 0 Å². The molecule has 68 valence electrons. The second-order valence-corrected chi connectivity index (χ2v) is 3.42. The molecule has 0 aromatic heterocycles. The Balaban J connectivity index is 2.67. The molecule has 2 unspecified atom stereocenters. The molecule has 0 saturated heterocycles. The van der Waals surface area contributed by atoms with E-state index >= 15 is 0 Å². The number of hydrogen-bond acceptors (Lipinski definition) is 2. The number of ether oxygens (including phenoxy) is 1. The van der Waals surface area contributed by atoms with Crippen LogP contribution in [0.15, 0.2) is 11.8 Å². The van der Waals surface area contributed by atoms with Crippen molar-refractivity contribution in [1.29, 1.82) is 0 Å². The Hall–Kier alpha value is -0.790. The van der Waals surface area contributed by atoms with Crippen molar-refractivity contribution in [3.63, 3.8) is 0 Å². The van der Waals surface area contributed by atoms with E-state index in [1.54, 1.807) is 6.08 Å². The first kappa shape index (κ1) is 9.30. The van der Waals surface area contributed by atoms with Crippen molar-refractivity contribution >= 4 is 5.78 Å². The summed E-state index contributed by atoms with van der Waals surface area (Å²) in [6.45, 7) is 6.66. The first-order valence-electron chi connectivity index (χ1n) is 4.52. The van der Waals surface area contributed by atoms with Gasteiger partial charge in [-0.2, -0.15) is 0 Å². The molecule has 0 N–H and O–H groups in total. The van der Waals surface area contributed by atoms with Gasteiger partial charge in [-0.15, -0.1) is 0 Å². The van der Waals surface area contributed by atoms with Gasteiger partial charge in [0.2, 0.25) is 0 Å². The molecular weight excluding hydrogens is 152 g/mol. The van der Waals surface area contributed by atoms with Crippen molar-refractivity contribution in [2.75, 3.05) is 6.61 Å². The van der Waals surface area contributed by atoms with Crippen LogP contribution in [0.5, 0.6) is 0 Å². The fourth-order valence-corrected chi connectivity index (χ4v) is 1.41. The number of carbonyl (C=O) groups excluding carboxylic acids is 1. The lowest BCUT2D eigenvalue weighted by Gasteiger charge is -2.23. The largest absolute Gasteiger partial charge is 0.498 e. The third kappa shape index (κ3) is 1.87. The van der Waals surface area contributed by atoms with Crippen LogP contribution >= 0.6 is 0 Å². The normalized spacial score (nSPS) is 29.9. The zero-order valence-electron chi connectivity index (χ0n) is 7.96. The standard InChI is InChI=1S/C10H16O2/c1-4-12-9-5-7(2)8(3)10(11)6-9/h6-8H,4-5H2,1-3H3. The van der Waals surface area contributed by atoms with E-state index in [1.807, 2.05) is 13.8 Å². The maximum atomic E-state index is 11.3. The number of carbonyl (C=O) groups is 1. The minimum absolute atomic E-state index is 0.161. The van der Waals surface area contributed by atoms with Crippen molar-refractivity contribution in [3.8, 4) is 0 Å². The Morgan fingerprint density at radius 3 is 2.75 bits per heavy atom. The maximum absolute atomic E-state index is 11.3. The van der Waals surface area contributed by atoms with Gasteiger partial charge in [0.1, 0.15) is 0 Å². The Kier molecular flexibility index (Phi) is 2.90. The van der Waals surface area contributed by atoms with Crippen molar-refractivity contribution in [1.82, 2.24) is 0 Å². The second-order valence-electron chi connectivity index (χ2n) is 3.42. The lowest BCUT2D eigenvalue weighted by molar-refractivity contribution is -0.120. The molecular formula is C10H16O2. The predicted octanol–water partition coefficient (Wildman–Crippen LogP) is 2.15. The minimum atomic E-state index is 0.161. The van der Waals surface area contributed by atoms with E-state index in [-0.39, 0.29) is 11.7 Å². The molecule has 0 radical (unpaired) electrons. The number of rotatable bonds is 2. The van der Waals surface area contributed by atoms with Gasteiger partial charge in [-0.25, -0.2) is 0 Å². The molecule has 0 aliphatic heterocycles. The Morgan fingerprint density at radius 2 is 2.25 bits per heavy atom. The summed E-state index contributed by atoms with van der Waals surface area (Å²) in [7, 11) is 0. The summed E-state index contributed by atoms with van der Waals surface area (Å²) < 4.78 is 5.31. The molecule has 1 aliphatic carbocycles. The fraction of sp³-hybridized carbons (Fsp3) is 0.700. The van der Waals surface area contributed by atoms with Crippen LogP contribution in [-0.2, 0) is 9.53 Å². The quantitative estimate of drug-likeness (QED) is 0.631. The molecule has 12 heavy (non-hydrogen) atoms. The molecule has 0 aromatic rings. The molecule has 2 nitrogen and oxygen atoms in total. The van der Waals surface area contributed by atoms with Gasteiger partial charge in [0, 0.05) is 18.4 Å². The maximum Gasteiger partial charge on any atom is 0.162 e. The zero-order chi connectivity index (χ0) is 9.14. The van der Waals surface area contributed by atoms with Crippen molar-refractivity contribution in [3.05, 3.63) is 11.8 Å². The number of hydrogen-bond donors (Lipinski definition) is 0. The molecule has 1 aliphatic rings. The summed E-state index contributed by atoms with van der Waals surface area (Å²) >= 11 is 0. The van der Waals surface area contributed by atoms with Gasteiger partial charge in [-0.05, 0) is 12.8 Å². The zero-order valence-corrected chi connectivity index (χ0v) is 7.96. The molecule has 0 heterocycles. The SMILES string of the molecule is CCOC1=CC(=O)C(C)C(C)C1. The summed E-state index contributed by atoms with van der Waals surface area (Å²) in [6.07, 6.45) is 2.55. The first-order chi connectivity index (χ1) is 5.65. The first-order valence-corrected chi connectivity index (χ1v) is 4.52. The van der Waals surface area contributed by atoms with Gasteiger partial charge in [0.05, 0.1) is 12.4 Å². The van der Waals surface area contributed by atoms with Crippen LogP contribution < -0.4 is 0 Å². The van der Waals surface area contributed by atoms with Crippen molar-refractivity contribution in [2.45, 2.75) is 27.2 Å². The van der Waals surface area contributed by atoms with Gasteiger partial charge in [-0.1, -0.05) is 13.8 Å². The minimum Gasteiger partial charge on any atom is -0.498 e. The second kappa shape index (κ2) is 3.74.